The number of alkyl halides is 1. The van der Waals surface area contributed by atoms with E-state index in [-0.39, 0.29) is 6.10 Å². The van der Waals surface area contributed by atoms with E-state index in [9.17, 15) is 0 Å². The summed E-state index contributed by atoms with van der Waals surface area (Å²) in [5, 5.41) is 2.35. The summed E-state index contributed by atoms with van der Waals surface area (Å²) in [4.78, 5) is 0. The van der Waals surface area contributed by atoms with E-state index in [4.69, 9.17) is 21.1 Å². The molecule has 0 aliphatic rings. The van der Waals surface area contributed by atoms with Gasteiger partial charge in [0, 0.05) is 5.88 Å². The first kappa shape index (κ1) is 17.0. The lowest BCUT2D eigenvalue weighted by atomic mass is 10.1. The van der Waals surface area contributed by atoms with Crippen LogP contribution in [0.5, 0.6) is 11.5 Å². The van der Waals surface area contributed by atoms with Crippen LogP contribution >= 0.6 is 11.6 Å². The van der Waals surface area contributed by atoms with Crippen molar-refractivity contribution in [2.75, 3.05) is 12.5 Å². The summed E-state index contributed by atoms with van der Waals surface area (Å²) in [6.45, 7) is 4.84. The van der Waals surface area contributed by atoms with Gasteiger partial charge in [-0.3, -0.25) is 0 Å². The lowest BCUT2D eigenvalue weighted by Crippen LogP contribution is -2.05. The van der Waals surface area contributed by atoms with Crippen LogP contribution < -0.4 is 9.47 Å². The van der Waals surface area contributed by atoms with Crippen molar-refractivity contribution in [1.82, 2.24) is 0 Å². The summed E-state index contributed by atoms with van der Waals surface area (Å²) in [6.07, 6.45) is 4.73. The van der Waals surface area contributed by atoms with Crippen LogP contribution in [0.15, 0.2) is 36.4 Å². The number of rotatable bonds is 9. The number of ether oxygens (including phenoxy) is 2. The zero-order valence-corrected chi connectivity index (χ0v) is 14.2. The highest BCUT2D eigenvalue weighted by molar-refractivity contribution is 6.17. The Labute approximate surface area is 138 Å². The van der Waals surface area contributed by atoms with Crippen LogP contribution in [0.1, 0.15) is 39.5 Å². The molecule has 2 rings (SSSR count). The summed E-state index contributed by atoms with van der Waals surface area (Å²) in [7, 11) is 0. The van der Waals surface area contributed by atoms with Crippen molar-refractivity contribution in [1.29, 1.82) is 0 Å². The Morgan fingerprint density at radius 2 is 1.50 bits per heavy atom. The lowest BCUT2D eigenvalue weighted by molar-refractivity contribution is 0.243. The Kier molecular flexibility index (Phi) is 6.85. The molecule has 0 unspecified atom stereocenters. The molecule has 2 nitrogen and oxygen atoms in total. The highest BCUT2D eigenvalue weighted by atomic mass is 35.5. The standard InChI is InChI=1S/C19H25ClO2/c1-15(2)22-19-10-8-16-13-18(9-7-17(16)14-19)21-12-6-4-3-5-11-20/h7-10,13-15H,3-6,11-12H2,1-2H3. The number of unbranched alkanes of at least 4 members (excludes halogenated alkanes) is 3. The molecule has 2 aromatic carbocycles. The van der Waals surface area contributed by atoms with Gasteiger partial charge in [0.05, 0.1) is 12.7 Å². The van der Waals surface area contributed by atoms with Crippen LogP contribution in [-0.2, 0) is 0 Å². The van der Waals surface area contributed by atoms with Gasteiger partial charge in [-0.05, 0) is 61.7 Å². The van der Waals surface area contributed by atoms with Gasteiger partial charge in [0.1, 0.15) is 11.5 Å². The molecule has 0 spiro atoms. The molecular formula is C19H25ClO2. The van der Waals surface area contributed by atoms with E-state index in [2.05, 4.69) is 24.3 Å². The maximum atomic E-state index is 5.82. The van der Waals surface area contributed by atoms with E-state index in [0.29, 0.717) is 0 Å². The Bertz CT molecular complexity index is 581. The van der Waals surface area contributed by atoms with Gasteiger partial charge in [-0.15, -0.1) is 11.6 Å². The molecule has 0 heterocycles. The molecule has 0 saturated heterocycles. The third-order valence-corrected chi connectivity index (χ3v) is 3.72. The summed E-state index contributed by atoms with van der Waals surface area (Å²) < 4.78 is 11.5. The minimum absolute atomic E-state index is 0.193. The zero-order chi connectivity index (χ0) is 15.8. The normalized spacial score (nSPS) is 11.1. The minimum atomic E-state index is 0.193. The molecule has 2 aromatic rings. The molecule has 0 radical (unpaired) electrons. The van der Waals surface area contributed by atoms with Gasteiger partial charge in [-0.1, -0.05) is 25.0 Å². The Morgan fingerprint density at radius 1 is 0.864 bits per heavy atom. The second-order valence-corrected chi connectivity index (χ2v) is 6.17. The molecule has 3 heteroatoms. The fourth-order valence-electron chi connectivity index (χ4n) is 2.38. The van der Waals surface area contributed by atoms with Gasteiger partial charge in [-0.2, -0.15) is 0 Å². The van der Waals surface area contributed by atoms with Crippen molar-refractivity contribution in [2.45, 2.75) is 45.6 Å². The molecule has 0 saturated carbocycles. The van der Waals surface area contributed by atoms with Crippen LogP contribution in [0, 0.1) is 0 Å². The Morgan fingerprint density at radius 3 is 2.18 bits per heavy atom. The van der Waals surface area contributed by atoms with Crippen molar-refractivity contribution in [3.8, 4) is 11.5 Å². The van der Waals surface area contributed by atoms with Crippen LogP contribution in [0.3, 0.4) is 0 Å². The van der Waals surface area contributed by atoms with Crippen molar-refractivity contribution < 1.29 is 9.47 Å². The summed E-state index contributed by atoms with van der Waals surface area (Å²) in [6, 6.07) is 12.4. The first-order valence-electron chi connectivity index (χ1n) is 8.08. The fourth-order valence-corrected chi connectivity index (χ4v) is 2.57. The second-order valence-electron chi connectivity index (χ2n) is 5.79. The van der Waals surface area contributed by atoms with E-state index in [1.807, 2.05) is 26.0 Å². The molecule has 0 aromatic heterocycles. The topological polar surface area (TPSA) is 18.5 Å². The summed E-state index contributed by atoms with van der Waals surface area (Å²) in [5.74, 6) is 2.60. The molecule has 0 aliphatic heterocycles. The molecule has 0 fully saturated rings. The van der Waals surface area contributed by atoms with Gasteiger partial charge in [-0.25, -0.2) is 0 Å². The first-order chi connectivity index (χ1) is 10.7. The van der Waals surface area contributed by atoms with E-state index in [0.717, 1.165) is 36.8 Å². The fraction of sp³-hybridized carbons (Fsp3) is 0.474. The van der Waals surface area contributed by atoms with Gasteiger partial charge in [0.15, 0.2) is 0 Å². The predicted molar refractivity (Wildman–Crippen MR) is 94.4 cm³/mol. The second kappa shape index (κ2) is 8.89. The quantitative estimate of drug-likeness (QED) is 0.429. The number of fused-ring (bicyclic) bond motifs is 1. The number of benzene rings is 2. The maximum Gasteiger partial charge on any atom is 0.120 e. The lowest BCUT2D eigenvalue weighted by Gasteiger charge is -2.11. The molecule has 0 aliphatic carbocycles. The number of hydrogen-bond acceptors (Lipinski definition) is 2. The average Bonchev–Trinajstić information content (AvgIpc) is 2.50. The summed E-state index contributed by atoms with van der Waals surface area (Å²) >= 11 is 5.66. The zero-order valence-electron chi connectivity index (χ0n) is 13.5. The molecule has 0 amide bonds. The molecule has 0 bridgehead atoms. The van der Waals surface area contributed by atoms with Crippen LogP contribution in [0.4, 0.5) is 0 Å². The van der Waals surface area contributed by atoms with Crippen LogP contribution in [0.25, 0.3) is 10.8 Å². The van der Waals surface area contributed by atoms with Crippen molar-refractivity contribution in [3.63, 3.8) is 0 Å². The molecular weight excluding hydrogens is 296 g/mol. The van der Waals surface area contributed by atoms with E-state index < -0.39 is 0 Å². The SMILES string of the molecule is CC(C)Oc1ccc2cc(OCCCCCCCl)ccc2c1. The number of hydrogen-bond donors (Lipinski definition) is 0. The molecule has 0 atom stereocenters. The largest absolute Gasteiger partial charge is 0.494 e. The highest BCUT2D eigenvalue weighted by Crippen LogP contribution is 2.25. The van der Waals surface area contributed by atoms with E-state index >= 15 is 0 Å². The maximum absolute atomic E-state index is 5.82. The monoisotopic (exact) mass is 320 g/mol. The van der Waals surface area contributed by atoms with Gasteiger partial charge in [0.2, 0.25) is 0 Å². The van der Waals surface area contributed by atoms with E-state index in [1.165, 1.54) is 23.6 Å². The average molecular weight is 321 g/mol. The van der Waals surface area contributed by atoms with Crippen molar-refractivity contribution >= 4 is 22.4 Å². The molecule has 120 valence electrons. The van der Waals surface area contributed by atoms with Crippen LogP contribution in [0.2, 0.25) is 0 Å². The highest BCUT2D eigenvalue weighted by Gasteiger charge is 2.02. The summed E-state index contributed by atoms with van der Waals surface area (Å²) in [5.41, 5.74) is 0. The Balaban J connectivity index is 1.90. The third kappa shape index (κ3) is 5.42. The van der Waals surface area contributed by atoms with Crippen LogP contribution in [-0.4, -0.2) is 18.6 Å². The van der Waals surface area contributed by atoms with Gasteiger partial charge >= 0.3 is 0 Å². The van der Waals surface area contributed by atoms with E-state index in [1.54, 1.807) is 0 Å². The molecule has 22 heavy (non-hydrogen) atoms. The van der Waals surface area contributed by atoms with Crippen molar-refractivity contribution in [2.24, 2.45) is 0 Å². The smallest absolute Gasteiger partial charge is 0.120 e. The van der Waals surface area contributed by atoms with Gasteiger partial charge < -0.3 is 9.47 Å². The van der Waals surface area contributed by atoms with Gasteiger partial charge in [0.25, 0.3) is 0 Å². The Hall–Kier alpha value is -1.41. The molecule has 0 N–H and O–H groups in total. The van der Waals surface area contributed by atoms with Crippen molar-refractivity contribution in [3.05, 3.63) is 36.4 Å². The number of halogens is 1. The minimum Gasteiger partial charge on any atom is -0.494 e. The predicted octanol–water partition coefficient (Wildman–Crippen LogP) is 5.81. The first-order valence-corrected chi connectivity index (χ1v) is 8.62. The third-order valence-electron chi connectivity index (χ3n) is 3.45.